The third-order valence-electron chi connectivity index (χ3n) is 4.26. The minimum atomic E-state index is -1.13. The largest absolute Gasteiger partial charge is 0.504 e. The number of non-ortho nitro benzene ring substituents is 1. The van der Waals surface area contributed by atoms with Gasteiger partial charge in [0.2, 0.25) is 0 Å². The van der Waals surface area contributed by atoms with Crippen LogP contribution >= 0.6 is 0 Å². The molecule has 1 aromatic carbocycles. The number of urea groups is 1. The first kappa shape index (κ1) is 21.0. The van der Waals surface area contributed by atoms with Crippen LogP contribution < -0.4 is 15.4 Å². The van der Waals surface area contributed by atoms with E-state index < -0.39 is 28.7 Å². The fourth-order valence-electron chi connectivity index (χ4n) is 2.95. The van der Waals surface area contributed by atoms with E-state index in [4.69, 9.17) is 9.47 Å². The van der Waals surface area contributed by atoms with E-state index in [9.17, 15) is 24.8 Å². The molecule has 0 bridgehead atoms. The second-order valence-electron chi connectivity index (χ2n) is 6.09. The summed E-state index contributed by atoms with van der Waals surface area (Å²) in [4.78, 5) is 35.4. The number of methoxy groups -OCH3 is 1. The van der Waals surface area contributed by atoms with Crippen molar-refractivity contribution in [2.45, 2.75) is 39.2 Å². The van der Waals surface area contributed by atoms with Gasteiger partial charge in [-0.3, -0.25) is 10.1 Å². The first-order valence-corrected chi connectivity index (χ1v) is 8.86. The van der Waals surface area contributed by atoms with Crippen LogP contribution in [-0.4, -0.2) is 35.7 Å². The molecule has 0 aliphatic carbocycles. The Morgan fingerprint density at radius 2 is 2.07 bits per heavy atom. The molecule has 1 unspecified atom stereocenters. The summed E-state index contributed by atoms with van der Waals surface area (Å²) in [5, 5.41) is 26.9. The number of nitrogens with zero attached hydrogens (tertiary/aromatic N) is 1. The molecular weight excluding hydrogens is 370 g/mol. The van der Waals surface area contributed by atoms with Gasteiger partial charge in [0.25, 0.3) is 5.69 Å². The van der Waals surface area contributed by atoms with Gasteiger partial charge in [0, 0.05) is 17.3 Å². The fraction of sp³-hybridized carbons (Fsp3) is 0.444. The maximum Gasteiger partial charge on any atom is 0.338 e. The summed E-state index contributed by atoms with van der Waals surface area (Å²) in [6, 6.07) is 0.445. The molecule has 0 aromatic heterocycles. The van der Waals surface area contributed by atoms with Crippen LogP contribution in [0, 0.1) is 10.1 Å². The van der Waals surface area contributed by atoms with Crippen molar-refractivity contribution >= 4 is 17.7 Å². The molecule has 1 aliphatic rings. The molecule has 2 amide bonds. The van der Waals surface area contributed by atoms with E-state index in [1.165, 1.54) is 7.11 Å². The number of phenols is 1. The number of unbranched alkanes of at least 4 members (excludes halogenated alkanes) is 1. The molecule has 2 rings (SSSR count). The molecule has 152 valence electrons. The molecule has 3 N–H and O–H groups in total. The second-order valence-corrected chi connectivity index (χ2v) is 6.09. The van der Waals surface area contributed by atoms with Crippen LogP contribution in [0.5, 0.6) is 11.5 Å². The molecular formula is C18H23N3O7. The third-order valence-corrected chi connectivity index (χ3v) is 4.26. The molecule has 1 aromatic rings. The number of rotatable bonds is 8. The van der Waals surface area contributed by atoms with Crippen molar-refractivity contribution < 1.29 is 29.1 Å². The third kappa shape index (κ3) is 4.33. The van der Waals surface area contributed by atoms with Crippen molar-refractivity contribution in [3.05, 3.63) is 39.1 Å². The number of nitrogens with one attached hydrogen (secondary N) is 2. The number of benzene rings is 1. The Balaban J connectivity index is 2.68. The summed E-state index contributed by atoms with van der Waals surface area (Å²) < 4.78 is 10.1. The maximum atomic E-state index is 12.6. The molecule has 1 heterocycles. The number of nitro groups is 1. The molecule has 1 aliphatic heterocycles. The summed E-state index contributed by atoms with van der Waals surface area (Å²) in [6.07, 6.45) is 1.93. The Morgan fingerprint density at radius 3 is 2.64 bits per heavy atom. The number of carbonyl (C=O) groups is 2. The molecule has 0 fully saturated rings. The highest BCUT2D eigenvalue weighted by molar-refractivity contribution is 5.95. The number of aromatic hydroxyl groups is 1. The molecule has 1 atom stereocenters. The molecule has 28 heavy (non-hydrogen) atoms. The molecule has 10 nitrogen and oxygen atoms in total. The van der Waals surface area contributed by atoms with Gasteiger partial charge < -0.3 is 25.2 Å². The highest BCUT2D eigenvalue weighted by Crippen LogP contribution is 2.41. The zero-order valence-electron chi connectivity index (χ0n) is 15.9. The first-order valence-electron chi connectivity index (χ1n) is 8.86. The van der Waals surface area contributed by atoms with Gasteiger partial charge in [-0.25, -0.2) is 9.59 Å². The van der Waals surface area contributed by atoms with Crippen molar-refractivity contribution in [2.75, 3.05) is 13.7 Å². The Kier molecular flexibility index (Phi) is 6.80. The van der Waals surface area contributed by atoms with Crippen molar-refractivity contribution in [3.63, 3.8) is 0 Å². The number of esters is 1. The topological polar surface area (TPSA) is 140 Å². The summed E-state index contributed by atoms with van der Waals surface area (Å²) in [6.45, 7) is 3.71. The van der Waals surface area contributed by atoms with E-state index in [0.717, 1.165) is 18.6 Å². The van der Waals surface area contributed by atoms with Gasteiger partial charge in [-0.15, -0.1) is 0 Å². The van der Waals surface area contributed by atoms with E-state index in [2.05, 4.69) is 10.6 Å². The Bertz CT molecular complexity index is 820. The number of phenolic OH excluding ortho intramolecular Hbond substituents is 1. The van der Waals surface area contributed by atoms with Crippen LogP contribution in [0.2, 0.25) is 0 Å². The molecule has 0 spiro atoms. The normalized spacial score (nSPS) is 16.2. The van der Waals surface area contributed by atoms with E-state index in [1.54, 1.807) is 6.92 Å². The van der Waals surface area contributed by atoms with Gasteiger partial charge in [-0.05, 0) is 19.8 Å². The lowest BCUT2D eigenvalue weighted by molar-refractivity contribution is -0.385. The number of allylic oxidation sites excluding steroid dienone is 1. The van der Waals surface area contributed by atoms with Gasteiger partial charge in [0.15, 0.2) is 11.5 Å². The zero-order chi connectivity index (χ0) is 20.8. The number of ether oxygens (including phenoxy) is 2. The van der Waals surface area contributed by atoms with E-state index in [1.807, 2.05) is 6.92 Å². The van der Waals surface area contributed by atoms with Crippen molar-refractivity contribution in [3.8, 4) is 11.5 Å². The standard InChI is InChI=1S/C18H23N3O7/c1-4-6-7-12-14(17(23)28-5-2)15(20-18(24)19-12)11-8-10(21(25)26)9-13(27-3)16(11)22/h8-9,15,22H,4-7H2,1-3H3,(H2,19,20,24). The van der Waals surface area contributed by atoms with Gasteiger partial charge in [0.1, 0.15) is 0 Å². The monoisotopic (exact) mass is 393 g/mol. The molecule has 0 radical (unpaired) electrons. The van der Waals surface area contributed by atoms with Crippen molar-refractivity contribution in [1.29, 1.82) is 0 Å². The lowest BCUT2D eigenvalue weighted by Gasteiger charge is -2.30. The quantitative estimate of drug-likeness (QED) is 0.350. The Labute approximate surface area is 161 Å². The SMILES string of the molecule is CCCCC1=C(C(=O)OCC)C(c2cc([N+](=O)[O-])cc(OC)c2O)NC(=O)N1. The summed E-state index contributed by atoms with van der Waals surface area (Å²) in [7, 11) is 1.25. The van der Waals surface area contributed by atoms with Crippen LogP contribution in [0.1, 0.15) is 44.7 Å². The number of hydrogen-bond acceptors (Lipinski definition) is 7. The number of carbonyl (C=O) groups excluding carboxylic acids is 2. The van der Waals surface area contributed by atoms with E-state index in [0.29, 0.717) is 18.5 Å². The summed E-state index contributed by atoms with van der Waals surface area (Å²) in [5.41, 5.74) is 0.0698. The molecule has 0 saturated carbocycles. The first-order chi connectivity index (χ1) is 13.3. The number of amides is 2. The van der Waals surface area contributed by atoms with Gasteiger partial charge in [-0.1, -0.05) is 13.3 Å². The van der Waals surface area contributed by atoms with E-state index in [-0.39, 0.29) is 29.2 Å². The minimum absolute atomic E-state index is 0.0297. The van der Waals surface area contributed by atoms with Crippen LogP contribution in [0.3, 0.4) is 0 Å². The zero-order valence-corrected chi connectivity index (χ0v) is 15.9. The molecule has 0 saturated heterocycles. The lowest BCUT2D eigenvalue weighted by Crippen LogP contribution is -2.46. The smallest absolute Gasteiger partial charge is 0.338 e. The van der Waals surface area contributed by atoms with Crippen LogP contribution in [0.4, 0.5) is 10.5 Å². The van der Waals surface area contributed by atoms with Gasteiger partial charge in [-0.2, -0.15) is 0 Å². The second kappa shape index (κ2) is 9.07. The number of hydrogen-bond donors (Lipinski definition) is 3. The van der Waals surface area contributed by atoms with Crippen LogP contribution in [0.15, 0.2) is 23.4 Å². The molecule has 10 heteroatoms. The average Bonchev–Trinajstić information content (AvgIpc) is 2.65. The predicted octanol–water partition coefficient (Wildman–Crippen LogP) is 2.67. The highest BCUT2D eigenvalue weighted by Gasteiger charge is 2.36. The highest BCUT2D eigenvalue weighted by atomic mass is 16.6. The average molecular weight is 393 g/mol. The Morgan fingerprint density at radius 1 is 1.36 bits per heavy atom. The Hall–Kier alpha value is -3.30. The van der Waals surface area contributed by atoms with Gasteiger partial charge >= 0.3 is 12.0 Å². The predicted molar refractivity (Wildman–Crippen MR) is 98.9 cm³/mol. The summed E-state index contributed by atoms with van der Waals surface area (Å²) in [5.74, 6) is -1.23. The van der Waals surface area contributed by atoms with Crippen LogP contribution in [0.25, 0.3) is 0 Å². The van der Waals surface area contributed by atoms with Crippen molar-refractivity contribution in [1.82, 2.24) is 10.6 Å². The minimum Gasteiger partial charge on any atom is -0.504 e. The summed E-state index contributed by atoms with van der Waals surface area (Å²) >= 11 is 0. The van der Waals surface area contributed by atoms with Crippen LogP contribution in [-0.2, 0) is 9.53 Å². The van der Waals surface area contributed by atoms with E-state index >= 15 is 0 Å². The van der Waals surface area contributed by atoms with Crippen molar-refractivity contribution in [2.24, 2.45) is 0 Å². The van der Waals surface area contributed by atoms with Gasteiger partial charge in [0.05, 0.1) is 36.3 Å². The number of nitro benzene ring substituents is 1. The fourth-order valence-corrected chi connectivity index (χ4v) is 2.95. The maximum absolute atomic E-state index is 12.6. The lowest BCUT2D eigenvalue weighted by atomic mass is 9.92.